The number of hydrogen-bond acceptors (Lipinski definition) is 4. The van der Waals surface area contributed by atoms with E-state index >= 15 is 0 Å². The predicted molar refractivity (Wildman–Crippen MR) is 124 cm³/mol. The minimum absolute atomic E-state index is 0.00735. The third-order valence-electron chi connectivity index (χ3n) is 5.90. The molecule has 0 unspecified atom stereocenters. The first-order valence-corrected chi connectivity index (χ1v) is 11.0. The van der Waals surface area contributed by atoms with E-state index in [1.165, 1.54) is 12.4 Å². The third-order valence-corrected chi connectivity index (χ3v) is 5.90. The zero-order valence-electron chi connectivity index (χ0n) is 18.5. The summed E-state index contributed by atoms with van der Waals surface area (Å²) in [7, 11) is 0. The van der Waals surface area contributed by atoms with Crippen LogP contribution in [0, 0.1) is 5.41 Å². The molecular weight excluding hydrogens is 400 g/mol. The molecule has 1 fully saturated rings. The smallest absolute Gasteiger partial charge is 0.274 e. The minimum Gasteiger partial charge on any atom is -0.353 e. The van der Waals surface area contributed by atoms with Crippen molar-refractivity contribution in [3.63, 3.8) is 0 Å². The molecule has 0 bridgehead atoms. The van der Waals surface area contributed by atoms with Crippen LogP contribution in [-0.2, 0) is 11.2 Å². The highest BCUT2D eigenvalue weighted by molar-refractivity contribution is 5.93. The van der Waals surface area contributed by atoms with Crippen LogP contribution in [0.3, 0.4) is 0 Å². The molecular formula is C26H28N4O2. The number of nitrogens with one attached hydrogen (secondary N) is 1. The Morgan fingerprint density at radius 1 is 1.06 bits per heavy atom. The van der Waals surface area contributed by atoms with Crippen molar-refractivity contribution in [1.29, 1.82) is 0 Å². The van der Waals surface area contributed by atoms with Crippen LogP contribution in [0.15, 0.2) is 73.2 Å². The second-order valence-electron chi connectivity index (χ2n) is 8.72. The fourth-order valence-electron chi connectivity index (χ4n) is 4.32. The van der Waals surface area contributed by atoms with E-state index in [0.717, 1.165) is 16.7 Å². The summed E-state index contributed by atoms with van der Waals surface area (Å²) in [6, 6.07) is 18.5. The molecule has 0 aliphatic carbocycles. The molecule has 0 saturated carbocycles. The van der Waals surface area contributed by atoms with Gasteiger partial charge >= 0.3 is 0 Å². The van der Waals surface area contributed by atoms with E-state index in [9.17, 15) is 9.59 Å². The SMILES string of the molecule is CC(C)NC(=O)[C@]1(Cc2cccc(-c3ccccc3)c2)CCN(C(=O)c2cnccn2)C1. The molecule has 164 valence electrons. The summed E-state index contributed by atoms with van der Waals surface area (Å²) in [4.78, 5) is 36.2. The molecule has 1 N–H and O–H groups in total. The number of carbonyl (C=O) groups excluding carboxylic acids is 2. The van der Waals surface area contributed by atoms with Gasteiger partial charge in [0.05, 0.1) is 11.6 Å². The van der Waals surface area contributed by atoms with Gasteiger partial charge in [0.25, 0.3) is 5.91 Å². The molecule has 4 rings (SSSR count). The lowest BCUT2D eigenvalue weighted by molar-refractivity contribution is -0.130. The average molecular weight is 429 g/mol. The Morgan fingerprint density at radius 2 is 1.84 bits per heavy atom. The first-order valence-electron chi connectivity index (χ1n) is 11.0. The summed E-state index contributed by atoms with van der Waals surface area (Å²) in [5.74, 6) is -0.192. The van der Waals surface area contributed by atoms with Crippen LogP contribution in [0.25, 0.3) is 11.1 Å². The molecule has 6 nitrogen and oxygen atoms in total. The molecule has 2 aromatic carbocycles. The lowest BCUT2D eigenvalue weighted by Gasteiger charge is -2.29. The molecule has 32 heavy (non-hydrogen) atoms. The van der Waals surface area contributed by atoms with Gasteiger partial charge in [-0.3, -0.25) is 14.6 Å². The molecule has 1 aliphatic rings. The van der Waals surface area contributed by atoms with Crippen molar-refractivity contribution in [3.8, 4) is 11.1 Å². The lowest BCUT2D eigenvalue weighted by atomic mass is 9.79. The van der Waals surface area contributed by atoms with Gasteiger partial charge < -0.3 is 10.2 Å². The number of aromatic nitrogens is 2. The van der Waals surface area contributed by atoms with Gasteiger partial charge in [0, 0.05) is 31.5 Å². The van der Waals surface area contributed by atoms with Crippen molar-refractivity contribution in [3.05, 3.63) is 84.4 Å². The Balaban J connectivity index is 1.61. The van der Waals surface area contributed by atoms with Gasteiger partial charge in [-0.1, -0.05) is 54.6 Å². The van der Waals surface area contributed by atoms with Crippen molar-refractivity contribution >= 4 is 11.8 Å². The molecule has 0 radical (unpaired) electrons. The quantitative estimate of drug-likeness (QED) is 0.649. The number of likely N-dealkylation sites (tertiary alicyclic amines) is 1. The number of amides is 2. The van der Waals surface area contributed by atoms with E-state index in [4.69, 9.17) is 0 Å². The van der Waals surface area contributed by atoms with Crippen molar-refractivity contribution in [2.75, 3.05) is 13.1 Å². The van der Waals surface area contributed by atoms with Gasteiger partial charge in [-0.25, -0.2) is 4.98 Å². The maximum atomic E-state index is 13.4. The summed E-state index contributed by atoms with van der Waals surface area (Å²) in [5.41, 5.74) is 2.96. The van der Waals surface area contributed by atoms with Gasteiger partial charge in [0.1, 0.15) is 5.69 Å². The Bertz CT molecular complexity index is 1090. The number of benzene rings is 2. The van der Waals surface area contributed by atoms with E-state index in [2.05, 4.69) is 45.6 Å². The van der Waals surface area contributed by atoms with Crippen LogP contribution in [0.5, 0.6) is 0 Å². The largest absolute Gasteiger partial charge is 0.353 e. The van der Waals surface area contributed by atoms with Crippen LogP contribution in [-0.4, -0.2) is 45.8 Å². The summed E-state index contributed by atoms with van der Waals surface area (Å²) < 4.78 is 0. The molecule has 6 heteroatoms. The maximum absolute atomic E-state index is 13.4. The third kappa shape index (κ3) is 4.69. The monoisotopic (exact) mass is 428 g/mol. The fraction of sp³-hybridized carbons (Fsp3) is 0.308. The van der Waals surface area contributed by atoms with Crippen molar-refractivity contribution in [1.82, 2.24) is 20.2 Å². The van der Waals surface area contributed by atoms with E-state index in [1.54, 1.807) is 11.1 Å². The standard InChI is InChI=1S/C26H28N4O2/c1-19(2)29-25(32)26(11-14-30(18-26)24(31)23-17-27-12-13-28-23)16-20-7-6-10-22(15-20)21-8-4-3-5-9-21/h3-10,12-13,15,17,19H,11,14,16,18H2,1-2H3,(H,29,32)/t26-/m0/s1. The predicted octanol–water partition coefficient (Wildman–Crippen LogP) is 3.74. The first kappa shape index (κ1) is 21.7. The van der Waals surface area contributed by atoms with Gasteiger partial charge in [0.15, 0.2) is 0 Å². The topological polar surface area (TPSA) is 75.2 Å². The number of hydrogen-bond donors (Lipinski definition) is 1. The molecule has 0 spiro atoms. The highest BCUT2D eigenvalue weighted by Crippen LogP contribution is 2.36. The minimum atomic E-state index is -0.683. The second-order valence-corrected chi connectivity index (χ2v) is 8.72. The summed E-state index contributed by atoms with van der Waals surface area (Å²) >= 11 is 0. The van der Waals surface area contributed by atoms with Crippen molar-refractivity contribution < 1.29 is 9.59 Å². The highest BCUT2D eigenvalue weighted by atomic mass is 16.2. The van der Waals surface area contributed by atoms with Crippen molar-refractivity contribution in [2.45, 2.75) is 32.7 Å². The van der Waals surface area contributed by atoms with Crippen LogP contribution in [0.2, 0.25) is 0 Å². The van der Waals surface area contributed by atoms with Gasteiger partial charge in [-0.15, -0.1) is 0 Å². The highest BCUT2D eigenvalue weighted by Gasteiger charge is 2.46. The second kappa shape index (κ2) is 9.30. The van der Waals surface area contributed by atoms with Crippen LogP contribution in [0.4, 0.5) is 0 Å². The van der Waals surface area contributed by atoms with Gasteiger partial charge in [-0.2, -0.15) is 0 Å². The van der Waals surface area contributed by atoms with Crippen LogP contribution >= 0.6 is 0 Å². The average Bonchev–Trinajstić information content (AvgIpc) is 3.25. The maximum Gasteiger partial charge on any atom is 0.274 e. The zero-order valence-corrected chi connectivity index (χ0v) is 18.5. The molecule has 2 heterocycles. The molecule has 1 aromatic heterocycles. The number of nitrogens with zero attached hydrogens (tertiary/aromatic N) is 3. The number of carbonyl (C=O) groups is 2. The molecule has 1 atom stereocenters. The summed E-state index contributed by atoms with van der Waals surface area (Å²) in [5, 5.41) is 3.09. The first-order chi connectivity index (χ1) is 15.5. The van der Waals surface area contributed by atoms with Crippen LogP contribution < -0.4 is 5.32 Å². The normalized spacial score (nSPS) is 18.0. The van der Waals surface area contributed by atoms with E-state index in [0.29, 0.717) is 31.6 Å². The van der Waals surface area contributed by atoms with Gasteiger partial charge in [-0.05, 0) is 43.4 Å². The molecule has 1 saturated heterocycles. The molecule has 3 aromatic rings. The Morgan fingerprint density at radius 3 is 2.56 bits per heavy atom. The molecule has 1 aliphatic heterocycles. The zero-order chi connectivity index (χ0) is 22.6. The van der Waals surface area contributed by atoms with Crippen molar-refractivity contribution in [2.24, 2.45) is 5.41 Å². The lowest BCUT2D eigenvalue weighted by Crippen LogP contribution is -2.47. The van der Waals surface area contributed by atoms with Crippen LogP contribution in [0.1, 0.15) is 36.3 Å². The van der Waals surface area contributed by atoms with Gasteiger partial charge in [0.2, 0.25) is 5.91 Å². The summed E-state index contributed by atoms with van der Waals surface area (Å²) in [6.07, 6.45) is 5.70. The fourth-order valence-corrected chi connectivity index (χ4v) is 4.32. The van der Waals surface area contributed by atoms with E-state index < -0.39 is 5.41 Å². The Labute approximate surface area is 188 Å². The Hall–Kier alpha value is -3.54. The molecule has 2 amide bonds. The summed E-state index contributed by atoms with van der Waals surface area (Å²) in [6.45, 7) is 4.79. The van der Waals surface area contributed by atoms with E-state index in [-0.39, 0.29) is 17.9 Å². The van der Waals surface area contributed by atoms with E-state index in [1.807, 2.05) is 38.1 Å². The number of rotatable bonds is 6. The Kier molecular flexibility index (Phi) is 6.30.